The lowest BCUT2D eigenvalue weighted by Gasteiger charge is -2.56. The molecule has 0 aliphatic heterocycles. The largest absolute Gasteiger partial charge is 0.393 e. The van der Waals surface area contributed by atoms with Crippen LogP contribution in [0.1, 0.15) is 92.4 Å². The van der Waals surface area contributed by atoms with E-state index in [0.717, 1.165) is 60.2 Å². The number of rotatable bonds is 4. The predicted octanol–water partition coefficient (Wildman–Crippen LogP) is 7.10. The standard InChI is InChI=1S/C27H46O/c1-17(2)18(3)6-7-19(4)25-12-13-26-24-10-8-20-16-21(28)9-11-22(20)23(24)14-15-27(25,26)5/h6-7,17-26,28H,8-16H2,1-5H3/b7-6+/t18-,19-,20+,21+,22+,23-,24-,25-,26+,27-/m1/s1. The van der Waals surface area contributed by atoms with E-state index in [1.165, 1.54) is 44.9 Å². The fourth-order valence-corrected chi connectivity index (χ4v) is 8.44. The van der Waals surface area contributed by atoms with Crippen molar-refractivity contribution in [3.8, 4) is 0 Å². The van der Waals surface area contributed by atoms with Gasteiger partial charge >= 0.3 is 0 Å². The van der Waals surface area contributed by atoms with Gasteiger partial charge in [0, 0.05) is 0 Å². The maximum atomic E-state index is 10.1. The Balaban J connectivity index is 1.46. The molecule has 4 fully saturated rings. The van der Waals surface area contributed by atoms with E-state index in [1.54, 1.807) is 0 Å². The van der Waals surface area contributed by atoms with E-state index in [1.807, 2.05) is 0 Å². The Hall–Kier alpha value is -0.300. The summed E-state index contributed by atoms with van der Waals surface area (Å²) < 4.78 is 0. The van der Waals surface area contributed by atoms with Gasteiger partial charge in [-0.15, -0.1) is 0 Å². The van der Waals surface area contributed by atoms with Gasteiger partial charge in [0.2, 0.25) is 0 Å². The summed E-state index contributed by atoms with van der Waals surface area (Å²) in [6.45, 7) is 12.2. The molecule has 28 heavy (non-hydrogen) atoms. The monoisotopic (exact) mass is 386 g/mol. The second kappa shape index (κ2) is 8.09. The molecule has 0 spiro atoms. The molecule has 0 unspecified atom stereocenters. The molecule has 0 aromatic heterocycles. The first-order valence-electron chi connectivity index (χ1n) is 12.7. The molecule has 10 atom stereocenters. The van der Waals surface area contributed by atoms with Crippen LogP contribution in [0.4, 0.5) is 0 Å². The number of aliphatic hydroxyl groups excluding tert-OH is 1. The van der Waals surface area contributed by atoms with Gasteiger partial charge in [0.05, 0.1) is 6.10 Å². The van der Waals surface area contributed by atoms with Crippen LogP contribution < -0.4 is 0 Å². The minimum atomic E-state index is 0.00313. The maximum absolute atomic E-state index is 10.1. The molecule has 4 aliphatic rings. The van der Waals surface area contributed by atoms with Crippen LogP contribution in [0.5, 0.6) is 0 Å². The van der Waals surface area contributed by atoms with Crippen molar-refractivity contribution in [3.05, 3.63) is 12.2 Å². The lowest BCUT2D eigenvalue weighted by Crippen LogP contribution is -2.49. The number of allylic oxidation sites excluding steroid dienone is 2. The first kappa shape index (κ1) is 21.0. The molecule has 4 saturated carbocycles. The zero-order valence-corrected chi connectivity index (χ0v) is 19.2. The van der Waals surface area contributed by atoms with Gasteiger partial charge in [0.1, 0.15) is 0 Å². The molecule has 0 saturated heterocycles. The molecule has 1 heteroatoms. The Morgan fingerprint density at radius 3 is 2.32 bits per heavy atom. The number of aliphatic hydroxyl groups is 1. The third-order valence-corrected chi connectivity index (χ3v) is 10.4. The van der Waals surface area contributed by atoms with Crippen molar-refractivity contribution < 1.29 is 5.11 Å². The van der Waals surface area contributed by atoms with Gasteiger partial charge in [-0.1, -0.05) is 46.8 Å². The fraction of sp³-hybridized carbons (Fsp3) is 0.926. The highest BCUT2D eigenvalue weighted by Gasteiger charge is 2.57. The highest BCUT2D eigenvalue weighted by molar-refractivity contribution is 5.09. The molecule has 4 rings (SSSR count). The van der Waals surface area contributed by atoms with Crippen LogP contribution in [0.2, 0.25) is 0 Å². The predicted molar refractivity (Wildman–Crippen MR) is 119 cm³/mol. The third-order valence-electron chi connectivity index (χ3n) is 10.4. The SMILES string of the molecule is CC(C)[C@H](C)/C=C/[C@@H](C)[C@H]1CC[C@H]2[C@@H]3CC[C@H]4C[C@@H](O)CC[C@@H]4[C@H]3CC[C@]12C. The molecular weight excluding hydrogens is 340 g/mol. The second-order valence-electron chi connectivity index (χ2n) is 12.0. The van der Waals surface area contributed by atoms with Gasteiger partial charge in [0.15, 0.2) is 0 Å². The zero-order chi connectivity index (χ0) is 20.1. The normalized spacial score (nSPS) is 48.2. The van der Waals surface area contributed by atoms with E-state index >= 15 is 0 Å². The van der Waals surface area contributed by atoms with Gasteiger partial charge in [-0.2, -0.15) is 0 Å². The van der Waals surface area contributed by atoms with Crippen molar-refractivity contribution in [1.82, 2.24) is 0 Å². The Morgan fingerprint density at radius 1 is 0.821 bits per heavy atom. The van der Waals surface area contributed by atoms with Crippen LogP contribution in [-0.2, 0) is 0 Å². The Morgan fingerprint density at radius 2 is 1.57 bits per heavy atom. The topological polar surface area (TPSA) is 20.2 Å². The fourth-order valence-electron chi connectivity index (χ4n) is 8.44. The van der Waals surface area contributed by atoms with Crippen molar-refractivity contribution in [3.63, 3.8) is 0 Å². The Bertz CT molecular complexity index is 565. The van der Waals surface area contributed by atoms with E-state index < -0.39 is 0 Å². The minimum Gasteiger partial charge on any atom is -0.393 e. The lowest BCUT2D eigenvalue weighted by atomic mass is 9.49. The number of hydrogen-bond acceptors (Lipinski definition) is 1. The smallest absolute Gasteiger partial charge is 0.0543 e. The lowest BCUT2D eigenvalue weighted by molar-refractivity contribution is -0.0800. The molecule has 1 nitrogen and oxygen atoms in total. The summed E-state index contributed by atoms with van der Waals surface area (Å²) in [5.74, 6) is 7.79. The molecule has 160 valence electrons. The van der Waals surface area contributed by atoms with Crippen LogP contribution in [0.15, 0.2) is 12.2 Å². The summed E-state index contributed by atoms with van der Waals surface area (Å²) in [6.07, 6.45) is 17.3. The second-order valence-corrected chi connectivity index (χ2v) is 12.0. The van der Waals surface area contributed by atoms with E-state index in [-0.39, 0.29) is 6.10 Å². The van der Waals surface area contributed by atoms with Crippen LogP contribution in [0.3, 0.4) is 0 Å². The van der Waals surface area contributed by atoms with E-state index in [2.05, 4.69) is 46.8 Å². The summed E-state index contributed by atoms with van der Waals surface area (Å²) in [5.41, 5.74) is 0.576. The van der Waals surface area contributed by atoms with Crippen LogP contribution >= 0.6 is 0 Å². The molecule has 0 bridgehead atoms. The van der Waals surface area contributed by atoms with E-state index in [9.17, 15) is 5.11 Å². The molecule has 0 aromatic carbocycles. The van der Waals surface area contributed by atoms with E-state index in [4.69, 9.17) is 0 Å². The maximum Gasteiger partial charge on any atom is 0.0543 e. The van der Waals surface area contributed by atoms with Gasteiger partial charge < -0.3 is 5.11 Å². The quantitative estimate of drug-likeness (QED) is 0.511. The summed E-state index contributed by atoms with van der Waals surface area (Å²) in [5, 5.41) is 10.1. The van der Waals surface area contributed by atoms with Gasteiger partial charge in [-0.3, -0.25) is 0 Å². The van der Waals surface area contributed by atoms with Crippen molar-refractivity contribution >= 4 is 0 Å². The van der Waals surface area contributed by atoms with Crippen molar-refractivity contribution in [2.45, 2.75) is 98.5 Å². The Kier molecular flexibility index (Phi) is 6.05. The zero-order valence-electron chi connectivity index (χ0n) is 19.2. The van der Waals surface area contributed by atoms with Gasteiger partial charge in [-0.25, -0.2) is 0 Å². The molecule has 0 amide bonds. The number of fused-ring (bicyclic) bond motifs is 5. The molecular formula is C27H46O. The van der Waals surface area contributed by atoms with Gasteiger partial charge in [0.25, 0.3) is 0 Å². The molecule has 0 radical (unpaired) electrons. The summed E-state index contributed by atoms with van der Waals surface area (Å²) in [4.78, 5) is 0. The average molecular weight is 387 g/mol. The molecule has 1 N–H and O–H groups in total. The first-order chi connectivity index (χ1) is 13.3. The summed E-state index contributed by atoms with van der Waals surface area (Å²) in [7, 11) is 0. The summed E-state index contributed by atoms with van der Waals surface area (Å²) in [6, 6.07) is 0. The van der Waals surface area contributed by atoms with Crippen LogP contribution in [-0.4, -0.2) is 11.2 Å². The van der Waals surface area contributed by atoms with E-state index in [0.29, 0.717) is 11.3 Å². The average Bonchev–Trinajstić information content (AvgIpc) is 3.02. The molecule has 0 aromatic rings. The molecule has 4 aliphatic carbocycles. The highest BCUT2D eigenvalue weighted by atomic mass is 16.3. The number of hydrogen-bond donors (Lipinski definition) is 1. The highest BCUT2D eigenvalue weighted by Crippen LogP contribution is 2.65. The van der Waals surface area contributed by atoms with Crippen LogP contribution in [0, 0.1) is 58.7 Å². The van der Waals surface area contributed by atoms with Crippen molar-refractivity contribution in [2.24, 2.45) is 58.7 Å². The molecule has 0 heterocycles. The van der Waals surface area contributed by atoms with Gasteiger partial charge in [-0.05, 0) is 116 Å². The van der Waals surface area contributed by atoms with Crippen molar-refractivity contribution in [2.75, 3.05) is 0 Å². The van der Waals surface area contributed by atoms with Crippen LogP contribution in [0.25, 0.3) is 0 Å². The first-order valence-corrected chi connectivity index (χ1v) is 12.7. The Labute approximate surface area is 174 Å². The third kappa shape index (κ3) is 3.63. The van der Waals surface area contributed by atoms with Crippen molar-refractivity contribution in [1.29, 1.82) is 0 Å². The minimum absolute atomic E-state index is 0.00313. The summed E-state index contributed by atoms with van der Waals surface area (Å²) >= 11 is 0.